The van der Waals surface area contributed by atoms with Crippen molar-refractivity contribution < 1.29 is 0 Å². The third kappa shape index (κ3) is 6.19. The first-order valence-corrected chi connectivity index (χ1v) is 10.9. The van der Waals surface area contributed by atoms with Gasteiger partial charge >= 0.3 is 0 Å². The van der Waals surface area contributed by atoms with Gasteiger partial charge in [0.25, 0.3) is 0 Å². The summed E-state index contributed by atoms with van der Waals surface area (Å²) in [6.07, 6.45) is 5.27. The largest absolute Gasteiger partial charge is 0.355 e. The van der Waals surface area contributed by atoms with Gasteiger partial charge in [-0.3, -0.25) is 4.99 Å². The standard InChI is InChI=1S/C19H29BrN4S/c1-14(25-18-7-3-15(20)4-8-18)13-22-19(21-2)23-16-9-11-24(12-10-16)17-5-6-17/h3-4,7-8,14,16-17H,5-6,9-13H2,1-2H3,(H2,21,22,23). The monoisotopic (exact) mass is 424 g/mol. The molecule has 2 N–H and O–H groups in total. The summed E-state index contributed by atoms with van der Waals surface area (Å²) < 4.78 is 1.12. The molecule has 1 saturated heterocycles. The molecular formula is C19H29BrN4S. The van der Waals surface area contributed by atoms with Crippen LogP contribution in [0, 0.1) is 0 Å². The third-order valence-corrected chi connectivity index (χ3v) is 6.51. The van der Waals surface area contributed by atoms with E-state index in [1.807, 2.05) is 18.8 Å². The van der Waals surface area contributed by atoms with E-state index in [9.17, 15) is 0 Å². The lowest BCUT2D eigenvalue weighted by Crippen LogP contribution is -2.49. The molecule has 2 aliphatic rings. The Labute approximate surface area is 164 Å². The molecule has 3 rings (SSSR count). The Hall–Kier alpha value is -0.720. The van der Waals surface area contributed by atoms with Crippen LogP contribution in [0.2, 0.25) is 0 Å². The van der Waals surface area contributed by atoms with Crippen LogP contribution in [0.3, 0.4) is 0 Å². The van der Waals surface area contributed by atoms with Gasteiger partial charge in [0, 0.05) is 53.4 Å². The summed E-state index contributed by atoms with van der Waals surface area (Å²) in [5.41, 5.74) is 0. The topological polar surface area (TPSA) is 39.7 Å². The van der Waals surface area contributed by atoms with Gasteiger partial charge in [-0.25, -0.2) is 0 Å². The fourth-order valence-electron chi connectivity index (χ4n) is 3.26. The predicted molar refractivity (Wildman–Crippen MR) is 112 cm³/mol. The summed E-state index contributed by atoms with van der Waals surface area (Å²) in [6, 6.07) is 9.96. The molecule has 138 valence electrons. The molecule has 0 bridgehead atoms. The SMILES string of the molecule is CN=C(NCC(C)Sc1ccc(Br)cc1)NC1CCN(C2CC2)CC1. The highest BCUT2D eigenvalue weighted by atomic mass is 79.9. The van der Waals surface area contributed by atoms with Crippen molar-refractivity contribution in [2.75, 3.05) is 26.7 Å². The molecule has 1 aliphatic heterocycles. The lowest BCUT2D eigenvalue weighted by atomic mass is 10.1. The quantitative estimate of drug-likeness (QED) is 0.414. The highest BCUT2D eigenvalue weighted by Crippen LogP contribution is 2.29. The van der Waals surface area contributed by atoms with Gasteiger partial charge in [0.2, 0.25) is 0 Å². The normalized spacial score (nSPS) is 21.2. The Morgan fingerprint density at radius 3 is 2.52 bits per heavy atom. The van der Waals surface area contributed by atoms with Crippen LogP contribution in [0.1, 0.15) is 32.6 Å². The maximum atomic E-state index is 4.40. The van der Waals surface area contributed by atoms with Crippen molar-refractivity contribution in [3.05, 3.63) is 28.7 Å². The maximum Gasteiger partial charge on any atom is 0.191 e. The Morgan fingerprint density at radius 2 is 1.92 bits per heavy atom. The van der Waals surface area contributed by atoms with Gasteiger partial charge in [-0.05, 0) is 49.9 Å². The van der Waals surface area contributed by atoms with E-state index < -0.39 is 0 Å². The Balaban J connectivity index is 1.37. The minimum atomic E-state index is 0.483. The number of likely N-dealkylation sites (tertiary alicyclic amines) is 1. The van der Waals surface area contributed by atoms with E-state index in [1.54, 1.807) is 0 Å². The van der Waals surface area contributed by atoms with E-state index in [2.05, 4.69) is 67.6 Å². The Morgan fingerprint density at radius 1 is 1.24 bits per heavy atom. The zero-order chi connectivity index (χ0) is 17.6. The fourth-order valence-corrected chi connectivity index (χ4v) is 4.45. The van der Waals surface area contributed by atoms with Crippen molar-refractivity contribution in [3.63, 3.8) is 0 Å². The molecule has 0 radical (unpaired) electrons. The van der Waals surface area contributed by atoms with E-state index >= 15 is 0 Å². The van der Waals surface area contributed by atoms with Gasteiger partial charge in [-0.2, -0.15) is 0 Å². The first-order valence-electron chi connectivity index (χ1n) is 9.27. The molecule has 1 heterocycles. The number of piperidine rings is 1. The molecule has 25 heavy (non-hydrogen) atoms. The first kappa shape index (κ1) is 19.1. The van der Waals surface area contributed by atoms with Gasteiger partial charge in [-0.1, -0.05) is 22.9 Å². The summed E-state index contributed by atoms with van der Waals surface area (Å²) in [7, 11) is 1.86. The Bertz CT molecular complexity index is 565. The van der Waals surface area contributed by atoms with Gasteiger partial charge in [-0.15, -0.1) is 11.8 Å². The molecule has 1 atom stereocenters. The van der Waals surface area contributed by atoms with Gasteiger partial charge in [0.1, 0.15) is 0 Å². The fraction of sp³-hybridized carbons (Fsp3) is 0.632. The summed E-state index contributed by atoms with van der Waals surface area (Å²) in [5, 5.41) is 7.58. The highest BCUT2D eigenvalue weighted by Gasteiger charge is 2.31. The van der Waals surface area contributed by atoms with E-state index in [4.69, 9.17) is 0 Å². The number of nitrogens with one attached hydrogen (secondary N) is 2. The van der Waals surface area contributed by atoms with Gasteiger partial charge in [0.05, 0.1) is 0 Å². The summed E-state index contributed by atoms with van der Waals surface area (Å²) in [4.78, 5) is 8.36. The zero-order valence-electron chi connectivity index (χ0n) is 15.2. The molecule has 1 aliphatic carbocycles. The van der Waals surface area contributed by atoms with Crippen molar-refractivity contribution in [2.24, 2.45) is 4.99 Å². The third-order valence-electron chi connectivity index (χ3n) is 4.87. The molecule has 6 heteroatoms. The second-order valence-electron chi connectivity index (χ2n) is 7.02. The average molecular weight is 425 g/mol. The first-order chi connectivity index (χ1) is 12.1. The van der Waals surface area contributed by atoms with Crippen LogP contribution in [0.5, 0.6) is 0 Å². The van der Waals surface area contributed by atoms with E-state index in [0.29, 0.717) is 11.3 Å². The van der Waals surface area contributed by atoms with Crippen molar-refractivity contribution in [3.8, 4) is 0 Å². The van der Waals surface area contributed by atoms with Crippen LogP contribution in [-0.2, 0) is 0 Å². The number of hydrogen-bond acceptors (Lipinski definition) is 3. The number of nitrogens with zero attached hydrogens (tertiary/aromatic N) is 2. The van der Waals surface area contributed by atoms with Crippen molar-refractivity contribution >= 4 is 33.7 Å². The second-order valence-corrected chi connectivity index (χ2v) is 9.45. The van der Waals surface area contributed by atoms with Crippen LogP contribution in [0.15, 0.2) is 38.6 Å². The minimum absolute atomic E-state index is 0.483. The molecular weight excluding hydrogens is 396 g/mol. The summed E-state index contributed by atoms with van der Waals surface area (Å²) in [6.45, 7) is 5.62. The van der Waals surface area contributed by atoms with Crippen LogP contribution < -0.4 is 10.6 Å². The summed E-state index contributed by atoms with van der Waals surface area (Å²) >= 11 is 5.37. The van der Waals surface area contributed by atoms with E-state index in [1.165, 1.54) is 43.7 Å². The second kappa shape index (κ2) is 9.28. The molecule has 1 saturated carbocycles. The lowest BCUT2D eigenvalue weighted by Gasteiger charge is -2.33. The highest BCUT2D eigenvalue weighted by molar-refractivity contribution is 9.10. The smallest absolute Gasteiger partial charge is 0.191 e. The van der Waals surface area contributed by atoms with Crippen molar-refractivity contribution in [1.82, 2.24) is 15.5 Å². The minimum Gasteiger partial charge on any atom is -0.355 e. The van der Waals surface area contributed by atoms with Crippen LogP contribution in [-0.4, -0.2) is 54.9 Å². The van der Waals surface area contributed by atoms with E-state index in [-0.39, 0.29) is 0 Å². The van der Waals surface area contributed by atoms with Crippen LogP contribution in [0.4, 0.5) is 0 Å². The zero-order valence-corrected chi connectivity index (χ0v) is 17.6. The number of halogens is 1. The predicted octanol–water partition coefficient (Wildman–Crippen LogP) is 3.72. The van der Waals surface area contributed by atoms with Crippen LogP contribution >= 0.6 is 27.7 Å². The molecule has 2 fully saturated rings. The molecule has 1 aromatic rings. The number of aliphatic imine (C=N–C) groups is 1. The van der Waals surface area contributed by atoms with Gasteiger partial charge < -0.3 is 15.5 Å². The number of rotatable bonds is 6. The molecule has 1 unspecified atom stereocenters. The number of guanidine groups is 1. The van der Waals surface area contributed by atoms with Gasteiger partial charge in [0.15, 0.2) is 5.96 Å². The van der Waals surface area contributed by atoms with Crippen molar-refractivity contribution in [2.45, 2.75) is 54.8 Å². The average Bonchev–Trinajstić information content (AvgIpc) is 3.46. The Kier molecular flexibility index (Phi) is 7.08. The molecule has 0 aromatic heterocycles. The number of thioether (sulfide) groups is 1. The van der Waals surface area contributed by atoms with Crippen LogP contribution in [0.25, 0.3) is 0 Å². The molecule has 1 aromatic carbocycles. The molecule has 0 amide bonds. The van der Waals surface area contributed by atoms with Crippen molar-refractivity contribution in [1.29, 1.82) is 0 Å². The maximum absolute atomic E-state index is 4.40. The van der Waals surface area contributed by atoms with E-state index in [0.717, 1.165) is 23.0 Å². The summed E-state index contributed by atoms with van der Waals surface area (Å²) in [5.74, 6) is 0.938. The number of hydrogen-bond donors (Lipinski definition) is 2. The molecule has 4 nitrogen and oxygen atoms in total. The molecule has 0 spiro atoms. The lowest BCUT2D eigenvalue weighted by molar-refractivity contribution is 0.197. The number of benzene rings is 1.